The number of carbonyl (C=O) groups is 1. The standard InChI is InChI=1S/C25H25N3O3/c1-5-16-27-19-11-7-8-12-20(19)28-25(27)23(17(3)26-28)21(29)15-14-18-10-9-13-22(31-6-2)24(18)30-4/h5,7-15H,1,6,16H2,2-4H3/b15-14+. The lowest BCUT2D eigenvalue weighted by molar-refractivity contribution is 0.104. The van der Waals surface area contributed by atoms with E-state index in [2.05, 4.69) is 16.2 Å². The van der Waals surface area contributed by atoms with Crippen molar-refractivity contribution in [2.75, 3.05) is 13.7 Å². The number of benzene rings is 2. The third-order valence-corrected chi connectivity index (χ3v) is 5.18. The highest BCUT2D eigenvalue weighted by atomic mass is 16.5. The summed E-state index contributed by atoms with van der Waals surface area (Å²) in [6.07, 6.45) is 5.14. The molecule has 0 bridgehead atoms. The van der Waals surface area contributed by atoms with Crippen molar-refractivity contribution in [2.24, 2.45) is 0 Å². The molecular formula is C25H25N3O3. The molecule has 0 atom stereocenters. The number of hydrogen-bond donors (Lipinski definition) is 0. The lowest BCUT2D eigenvalue weighted by Crippen LogP contribution is -2.02. The minimum Gasteiger partial charge on any atom is -0.492 e. The second kappa shape index (κ2) is 8.52. The topological polar surface area (TPSA) is 57.8 Å². The zero-order valence-electron chi connectivity index (χ0n) is 18.0. The molecule has 0 aliphatic rings. The molecule has 2 heterocycles. The van der Waals surface area contributed by atoms with E-state index in [1.807, 2.05) is 66.9 Å². The average molecular weight is 415 g/mol. The predicted octanol–water partition coefficient (Wildman–Crippen LogP) is 5.09. The average Bonchev–Trinajstić information content (AvgIpc) is 3.26. The number of para-hydroxylation sites is 3. The van der Waals surface area contributed by atoms with Gasteiger partial charge in [0.15, 0.2) is 17.3 Å². The van der Waals surface area contributed by atoms with Gasteiger partial charge in [0.25, 0.3) is 0 Å². The molecule has 0 spiro atoms. The summed E-state index contributed by atoms with van der Waals surface area (Å²) >= 11 is 0. The number of carbonyl (C=O) groups excluding carboxylic acids is 1. The van der Waals surface area contributed by atoms with Crippen molar-refractivity contribution in [1.82, 2.24) is 14.2 Å². The summed E-state index contributed by atoms with van der Waals surface area (Å²) in [5.74, 6) is 1.13. The van der Waals surface area contributed by atoms with Gasteiger partial charge in [-0.15, -0.1) is 6.58 Å². The minimum atomic E-state index is -0.121. The van der Waals surface area contributed by atoms with Crippen LogP contribution >= 0.6 is 0 Å². The molecule has 0 amide bonds. The van der Waals surface area contributed by atoms with Crippen molar-refractivity contribution in [3.05, 3.63) is 78.0 Å². The largest absolute Gasteiger partial charge is 0.492 e. The molecule has 0 radical (unpaired) electrons. The van der Waals surface area contributed by atoms with Crippen molar-refractivity contribution in [2.45, 2.75) is 20.4 Å². The van der Waals surface area contributed by atoms with Crippen LogP contribution in [0.2, 0.25) is 0 Å². The van der Waals surface area contributed by atoms with Crippen LogP contribution in [0.1, 0.15) is 28.5 Å². The van der Waals surface area contributed by atoms with Crippen LogP contribution in [-0.4, -0.2) is 33.7 Å². The van der Waals surface area contributed by atoms with Gasteiger partial charge in [-0.25, -0.2) is 4.52 Å². The Morgan fingerprint density at radius 1 is 1.16 bits per heavy atom. The Morgan fingerprint density at radius 2 is 1.94 bits per heavy atom. The first-order valence-electron chi connectivity index (χ1n) is 10.2. The van der Waals surface area contributed by atoms with E-state index < -0.39 is 0 Å². The third-order valence-electron chi connectivity index (χ3n) is 5.18. The number of allylic oxidation sites excluding steroid dienone is 2. The van der Waals surface area contributed by atoms with E-state index in [0.717, 1.165) is 22.2 Å². The van der Waals surface area contributed by atoms with Gasteiger partial charge in [-0.05, 0) is 44.2 Å². The van der Waals surface area contributed by atoms with Crippen molar-refractivity contribution in [3.63, 3.8) is 0 Å². The number of aryl methyl sites for hydroxylation is 1. The predicted molar refractivity (Wildman–Crippen MR) is 123 cm³/mol. The van der Waals surface area contributed by atoms with Crippen molar-refractivity contribution >= 4 is 28.5 Å². The number of hydrogen-bond acceptors (Lipinski definition) is 4. The maximum atomic E-state index is 13.3. The lowest BCUT2D eigenvalue weighted by atomic mass is 10.1. The smallest absolute Gasteiger partial charge is 0.191 e. The Labute approximate surface area is 181 Å². The zero-order valence-corrected chi connectivity index (χ0v) is 18.0. The summed E-state index contributed by atoms with van der Waals surface area (Å²) < 4.78 is 15.1. The molecule has 0 unspecified atom stereocenters. The van der Waals surface area contributed by atoms with Gasteiger partial charge in [0, 0.05) is 12.1 Å². The summed E-state index contributed by atoms with van der Waals surface area (Å²) in [6.45, 7) is 8.76. The highest BCUT2D eigenvalue weighted by Crippen LogP contribution is 2.32. The molecule has 158 valence electrons. The number of ether oxygens (including phenoxy) is 2. The fourth-order valence-corrected chi connectivity index (χ4v) is 3.92. The summed E-state index contributed by atoms with van der Waals surface area (Å²) in [5.41, 5.74) is 4.76. The molecule has 0 saturated carbocycles. The molecule has 4 rings (SSSR count). The van der Waals surface area contributed by atoms with Crippen LogP contribution in [0.25, 0.3) is 22.8 Å². The van der Waals surface area contributed by atoms with Gasteiger partial charge in [-0.1, -0.05) is 30.3 Å². The number of aromatic nitrogens is 3. The Morgan fingerprint density at radius 3 is 2.65 bits per heavy atom. The summed E-state index contributed by atoms with van der Waals surface area (Å²) in [5, 5.41) is 4.65. The molecule has 6 nitrogen and oxygen atoms in total. The first-order chi connectivity index (χ1) is 15.1. The van der Waals surface area contributed by atoms with Gasteiger partial charge < -0.3 is 14.0 Å². The van der Waals surface area contributed by atoms with Crippen LogP contribution in [0.4, 0.5) is 0 Å². The van der Waals surface area contributed by atoms with Crippen LogP contribution in [-0.2, 0) is 6.54 Å². The molecule has 31 heavy (non-hydrogen) atoms. The minimum absolute atomic E-state index is 0.121. The Balaban J connectivity index is 1.81. The molecule has 0 aliphatic heterocycles. The number of imidazole rings is 1. The van der Waals surface area contributed by atoms with Crippen LogP contribution in [0.5, 0.6) is 11.5 Å². The molecule has 0 aliphatic carbocycles. The second-order valence-electron chi connectivity index (χ2n) is 7.09. The quantitative estimate of drug-likeness (QED) is 0.229. The van der Waals surface area contributed by atoms with Crippen LogP contribution in [0.3, 0.4) is 0 Å². The van der Waals surface area contributed by atoms with E-state index in [4.69, 9.17) is 9.47 Å². The van der Waals surface area contributed by atoms with E-state index >= 15 is 0 Å². The highest BCUT2D eigenvalue weighted by Gasteiger charge is 2.22. The Hall–Kier alpha value is -3.80. The van der Waals surface area contributed by atoms with Gasteiger partial charge >= 0.3 is 0 Å². The number of nitrogens with zero attached hydrogens (tertiary/aromatic N) is 3. The maximum absolute atomic E-state index is 13.3. The van der Waals surface area contributed by atoms with Gasteiger partial charge in [-0.3, -0.25) is 4.79 Å². The highest BCUT2D eigenvalue weighted by molar-refractivity contribution is 6.12. The third kappa shape index (κ3) is 3.50. The first-order valence-corrected chi connectivity index (χ1v) is 10.2. The molecule has 2 aromatic carbocycles. The SMILES string of the molecule is C=CCn1c2ccccc2n2nc(C)c(C(=O)/C=C/c3cccc(OCC)c3OC)c12. The summed E-state index contributed by atoms with van der Waals surface area (Å²) in [4.78, 5) is 13.3. The molecule has 6 heteroatoms. The fraction of sp³-hybridized carbons (Fsp3) is 0.200. The van der Waals surface area contributed by atoms with Crippen molar-refractivity contribution in [1.29, 1.82) is 0 Å². The molecule has 0 saturated heterocycles. The van der Waals surface area contributed by atoms with E-state index in [1.165, 1.54) is 0 Å². The summed E-state index contributed by atoms with van der Waals surface area (Å²) in [6, 6.07) is 13.6. The Kier molecular flexibility index (Phi) is 5.62. The summed E-state index contributed by atoms with van der Waals surface area (Å²) in [7, 11) is 1.59. The second-order valence-corrected chi connectivity index (χ2v) is 7.09. The van der Waals surface area contributed by atoms with Crippen molar-refractivity contribution in [3.8, 4) is 11.5 Å². The van der Waals surface area contributed by atoms with Gasteiger partial charge in [0.1, 0.15) is 5.65 Å². The first kappa shape index (κ1) is 20.5. The van der Waals surface area contributed by atoms with E-state index in [9.17, 15) is 4.79 Å². The van der Waals surface area contributed by atoms with Crippen LogP contribution in [0, 0.1) is 6.92 Å². The molecule has 2 aromatic heterocycles. The zero-order chi connectivity index (χ0) is 22.0. The Bertz CT molecular complexity index is 1310. The number of fused-ring (bicyclic) bond motifs is 3. The van der Waals surface area contributed by atoms with Gasteiger partial charge in [0.2, 0.25) is 0 Å². The lowest BCUT2D eigenvalue weighted by Gasteiger charge is -2.11. The maximum Gasteiger partial charge on any atom is 0.191 e. The number of methoxy groups -OCH3 is 1. The van der Waals surface area contributed by atoms with Gasteiger partial charge in [-0.2, -0.15) is 5.10 Å². The molecule has 0 fully saturated rings. The number of rotatable bonds is 8. The molecule has 4 aromatic rings. The van der Waals surface area contributed by atoms with Gasteiger partial charge in [0.05, 0.1) is 36.0 Å². The molecule has 0 N–H and O–H groups in total. The number of ketones is 1. The fourth-order valence-electron chi connectivity index (χ4n) is 3.92. The van der Waals surface area contributed by atoms with Crippen LogP contribution < -0.4 is 9.47 Å². The van der Waals surface area contributed by atoms with E-state index in [-0.39, 0.29) is 5.78 Å². The van der Waals surface area contributed by atoms with E-state index in [1.54, 1.807) is 19.3 Å². The van der Waals surface area contributed by atoms with Crippen LogP contribution in [0.15, 0.2) is 61.2 Å². The normalized spacial score (nSPS) is 11.5. The molecular weight excluding hydrogens is 390 g/mol. The van der Waals surface area contributed by atoms with E-state index in [0.29, 0.717) is 35.9 Å². The monoisotopic (exact) mass is 415 g/mol. The van der Waals surface area contributed by atoms with Crippen molar-refractivity contribution < 1.29 is 14.3 Å².